The van der Waals surface area contributed by atoms with Gasteiger partial charge in [0.2, 0.25) is 5.91 Å². The molecule has 1 saturated heterocycles. The molecule has 1 aliphatic heterocycles. The first kappa shape index (κ1) is 14.0. The molecule has 0 radical (unpaired) electrons. The first-order chi connectivity index (χ1) is 8.17. The van der Waals surface area contributed by atoms with Crippen molar-refractivity contribution in [2.45, 2.75) is 39.2 Å². The van der Waals surface area contributed by atoms with E-state index in [0.717, 1.165) is 19.4 Å². The van der Waals surface area contributed by atoms with Crippen LogP contribution < -0.4 is 0 Å². The van der Waals surface area contributed by atoms with Crippen molar-refractivity contribution in [1.29, 1.82) is 0 Å². The van der Waals surface area contributed by atoms with E-state index in [-0.39, 0.29) is 24.5 Å². The molecule has 0 bridgehead atoms. The fourth-order valence-electron chi connectivity index (χ4n) is 1.87. The van der Waals surface area contributed by atoms with Gasteiger partial charge in [0, 0.05) is 19.6 Å². The van der Waals surface area contributed by atoms with E-state index in [2.05, 4.69) is 0 Å². The van der Waals surface area contributed by atoms with Crippen LogP contribution >= 0.6 is 0 Å². The minimum Gasteiger partial charge on any atom is -0.465 e. The fourth-order valence-corrected chi connectivity index (χ4v) is 1.87. The van der Waals surface area contributed by atoms with Crippen LogP contribution in [0, 0.1) is 0 Å². The van der Waals surface area contributed by atoms with Crippen LogP contribution in [-0.2, 0) is 19.1 Å². The largest absolute Gasteiger partial charge is 0.465 e. The smallest absolute Gasteiger partial charge is 0.325 e. The van der Waals surface area contributed by atoms with Gasteiger partial charge in [-0.2, -0.15) is 0 Å². The van der Waals surface area contributed by atoms with Crippen molar-refractivity contribution in [2.24, 2.45) is 0 Å². The molecular weight excluding hydrogens is 222 g/mol. The van der Waals surface area contributed by atoms with Crippen molar-refractivity contribution in [3.05, 3.63) is 0 Å². The molecular formula is C12H21NO4. The van der Waals surface area contributed by atoms with Crippen LogP contribution in [0.4, 0.5) is 0 Å². The summed E-state index contributed by atoms with van der Waals surface area (Å²) in [5, 5.41) is 0. The molecule has 0 saturated carbocycles. The lowest BCUT2D eigenvalue weighted by atomic mass is 10.2. The Bertz CT molecular complexity index is 261. The van der Waals surface area contributed by atoms with Crippen LogP contribution in [0.5, 0.6) is 0 Å². The number of rotatable bonds is 6. The Morgan fingerprint density at radius 1 is 1.41 bits per heavy atom. The van der Waals surface area contributed by atoms with Crippen molar-refractivity contribution < 1.29 is 19.1 Å². The highest BCUT2D eigenvalue weighted by Gasteiger charge is 2.23. The molecule has 0 N–H and O–H groups in total. The number of esters is 1. The van der Waals surface area contributed by atoms with Gasteiger partial charge in [-0.15, -0.1) is 0 Å². The van der Waals surface area contributed by atoms with Gasteiger partial charge in [0.05, 0.1) is 12.7 Å². The minimum absolute atomic E-state index is 0.0281. The topological polar surface area (TPSA) is 55.8 Å². The maximum Gasteiger partial charge on any atom is 0.325 e. The lowest BCUT2D eigenvalue weighted by molar-refractivity contribution is -0.149. The van der Waals surface area contributed by atoms with E-state index in [1.165, 1.54) is 4.90 Å². The number of amides is 1. The second kappa shape index (κ2) is 7.27. The van der Waals surface area contributed by atoms with Crippen molar-refractivity contribution in [3.8, 4) is 0 Å². The van der Waals surface area contributed by atoms with Crippen LogP contribution in [0.3, 0.4) is 0 Å². The van der Waals surface area contributed by atoms with Crippen LogP contribution in [0.15, 0.2) is 0 Å². The Labute approximate surface area is 102 Å². The molecule has 1 amide bonds. The zero-order chi connectivity index (χ0) is 12.7. The molecule has 1 rings (SSSR count). The molecule has 0 aromatic carbocycles. The molecule has 1 unspecified atom stereocenters. The van der Waals surface area contributed by atoms with Gasteiger partial charge < -0.3 is 14.4 Å². The highest BCUT2D eigenvalue weighted by molar-refractivity contribution is 5.81. The molecule has 1 heterocycles. The third-order valence-electron chi connectivity index (χ3n) is 2.73. The summed E-state index contributed by atoms with van der Waals surface area (Å²) >= 11 is 0. The van der Waals surface area contributed by atoms with E-state index in [9.17, 15) is 9.59 Å². The third-order valence-corrected chi connectivity index (χ3v) is 2.73. The molecule has 1 atom stereocenters. The monoisotopic (exact) mass is 243 g/mol. The Morgan fingerprint density at radius 3 is 2.71 bits per heavy atom. The molecule has 0 aromatic rings. The van der Waals surface area contributed by atoms with Crippen molar-refractivity contribution >= 4 is 11.9 Å². The number of carbonyl (C=O) groups is 2. The molecule has 17 heavy (non-hydrogen) atoms. The second-order valence-corrected chi connectivity index (χ2v) is 4.07. The van der Waals surface area contributed by atoms with Gasteiger partial charge in [-0.25, -0.2) is 0 Å². The normalized spacial score (nSPS) is 19.1. The molecule has 0 aliphatic carbocycles. The molecule has 5 nitrogen and oxygen atoms in total. The minimum atomic E-state index is -0.354. The number of hydrogen-bond donors (Lipinski definition) is 0. The summed E-state index contributed by atoms with van der Waals surface area (Å²) in [7, 11) is 0. The van der Waals surface area contributed by atoms with E-state index in [0.29, 0.717) is 19.6 Å². The van der Waals surface area contributed by atoms with Gasteiger partial charge in [-0.05, 0) is 19.8 Å². The van der Waals surface area contributed by atoms with Gasteiger partial charge in [0.25, 0.3) is 0 Å². The van der Waals surface area contributed by atoms with Gasteiger partial charge in [0.15, 0.2) is 0 Å². The third kappa shape index (κ3) is 4.73. The first-order valence-corrected chi connectivity index (χ1v) is 6.22. The quantitative estimate of drug-likeness (QED) is 0.652. The highest BCUT2D eigenvalue weighted by atomic mass is 16.5. The second-order valence-electron chi connectivity index (χ2n) is 4.07. The Balaban J connectivity index is 2.47. The molecule has 0 aromatic heterocycles. The highest BCUT2D eigenvalue weighted by Crippen LogP contribution is 2.13. The Hall–Kier alpha value is -1.10. The Kier molecular flexibility index (Phi) is 5.97. The lowest BCUT2D eigenvalue weighted by Crippen LogP contribution is -2.40. The summed E-state index contributed by atoms with van der Waals surface area (Å²) in [4.78, 5) is 24.6. The summed E-state index contributed by atoms with van der Waals surface area (Å²) in [6.07, 6.45) is 2.45. The van der Waals surface area contributed by atoms with E-state index >= 15 is 0 Å². The zero-order valence-corrected chi connectivity index (χ0v) is 10.6. The SMILES string of the molecule is CCOC(=O)CN(CC1CCCO1)C(=O)CC. The molecule has 5 heteroatoms. The van der Waals surface area contributed by atoms with Crippen LogP contribution in [-0.4, -0.2) is 49.2 Å². The van der Waals surface area contributed by atoms with Gasteiger partial charge >= 0.3 is 5.97 Å². The van der Waals surface area contributed by atoms with Gasteiger partial charge in [-0.3, -0.25) is 9.59 Å². The first-order valence-electron chi connectivity index (χ1n) is 6.22. The van der Waals surface area contributed by atoms with E-state index in [1.807, 2.05) is 0 Å². The van der Waals surface area contributed by atoms with Gasteiger partial charge in [0.1, 0.15) is 6.54 Å². The molecule has 98 valence electrons. The molecule has 1 fully saturated rings. The summed E-state index contributed by atoms with van der Waals surface area (Å²) in [5.74, 6) is -0.388. The average Bonchev–Trinajstić information content (AvgIpc) is 2.80. The molecule has 0 spiro atoms. The van der Waals surface area contributed by atoms with Crippen molar-refractivity contribution in [1.82, 2.24) is 4.90 Å². The summed E-state index contributed by atoms with van der Waals surface area (Å²) in [6.45, 7) is 5.15. The van der Waals surface area contributed by atoms with E-state index in [1.54, 1.807) is 13.8 Å². The number of ether oxygens (including phenoxy) is 2. The average molecular weight is 243 g/mol. The van der Waals surface area contributed by atoms with Gasteiger partial charge in [-0.1, -0.05) is 6.92 Å². The summed E-state index contributed by atoms with van der Waals surface area (Å²) in [5.41, 5.74) is 0. The number of nitrogens with zero attached hydrogens (tertiary/aromatic N) is 1. The summed E-state index contributed by atoms with van der Waals surface area (Å²) < 4.78 is 10.3. The lowest BCUT2D eigenvalue weighted by Gasteiger charge is -2.24. The van der Waals surface area contributed by atoms with Crippen molar-refractivity contribution in [2.75, 3.05) is 26.3 Å². The maximum absolute atomic E-state index is 11.7. The van der Waals surface area contributed by atoms with Crippen LogP contribution in [0.25, 0.3) is 0 Å². The van der Waals surface area contributed by atoms with Crippen LogP contribution in [0.1, 0.15) is 33.1 Å². The molecule has 1 aliphatic rings. The maximum atomic E-state index is 11.7. The predicted octanol–water partition coefficient (Wildman–Crippen LogP) is 0.967. The Morgan fingerprint density at radius 2 is 2.18 bits per heavy atom. The van der Waals surface area contributed by atoms with Crippen molar-refractivity contribution in [3.63, 3.8) is 0 Å². The van der Waals surface area contributed by atoms with E-state index < -0.39 is 0 Å². The fraction of sp³-hybridized carbons (Fsp3) is 0.833. The standard InChI is InChI=1S/C12H21NO4/c1-3-11(14)13(9-12(15)16-4-2)8-10-6-5-7-17-10/h10H,3-9H2,1-2H3. The summed E-state index contributed by atoms with van der Waals surface area (Å²) in [6, 6.07) is 0. The van der Waals surface area contributed by atoms with E-state index in [4.69, 9.17) is 9.47 Å². The predicted molar refractivity (Wildman–Crippen MR) is 62.5 cm³/mol. The number of hydrogen-bond acceptors (Lipinski definition) is 4. The zero-order valence-electron chi connectivity index (χ0n) is 10.6. The van der Waals surface area contributed by atoms with Crippen LogP contribution in [0.2, 0.25) is 0 Å². The number of carbonyl (C=O) groups excluding carboxylic acids is 2.